The van der Waals surface area contributed by atoms with Crippen molar-refractivity contribution < 1.29 is 9.90 Å². The summed E-state index contributed by atoms with van der Waals surface area (Å²) in [5.41, 5.74) is 8.42. The zero-order valence-corrected chi connectivity index (χ0v) is 9.36. The SMILES string of the molecule is NC(c1ccccc1)c1ccccc1.O=CO. The molecule has 0 aliphatic heterocycles. The molecule has 3 N–H and O–H groups in total. The number of hydrogen-bond acceptors (Lipinski definition) is 2. The molecule has 0 saturated carbocycles. The van der Waals surface area contributed by atoms with E-state index in [2.05, 4.69) is 24.3 Å². The molecule has 0 heterocycles. The fourth-order valence-corrected chi connectivity index (χ4v) is 1.51. The van der Waals surface area contributed by atoms with E-state index in [0.717, 1.165) is 11.1 Å². The van der Waals surface area contributed by atoms with Gasteiger partial charge >= 0.3 is 0 Å². The summed E-state index contributed by atoms with van der Waals surface area (Å²) < 4.78 is 0. The Kier molecular flexibility index (Phi) is 5.47. The molecule has 17 heavy (non-hydrogen) atoms. The lowest BCUT2D eigenvalue weighted by molar-refractivity contribution is -0.122. The van der Waals surface area contributed by atoms with E-state index in [0.29, 0.717) is 0 Å². The van der Waals surface area contributed by atoms with Crippen molar-refractivity contribution in [3.8, 4) is 0 Å². The largest absolute Gasteiger partial charge is 0.483 e. The van der Waals surface area contributed by atoms with Gasteiger partial charge in [-0.05, 0) is 11.1 Å². The van der Waals surface area contributed by atoms with E-state index < -0.39 is 0 Å². The number of nitrogens with two attached hydrogens (primary N) is 1. The highest BCUT2D eigenvalue weighted by atomic mass is 16.3. The van der Waals surface area contributed by atoms with E-state index in [1.165, 1.54) is 0 Å². The molecule has 0 spiro atoms. The first kappa shape index (κ1) is 12.9. The van der Waals surface area contributed by atoms with Gasteiger partial charge in [0.05, 0.1) is 6.04 Å². The van der Waals surface area contributed by atoms with Crippen LogP contribution < -0.4 is 5.73 Å². The lowest BCUT2D eigenvalue weighted by Gasteiger charge is -2.11. The monoisotopic (exact) mass is 229 g/mol. The van der Waals surface area contributed by atoms with Crippen molar-refractivity contribution >= 4 is 6.47 Å². The first-order valence-electron chi connectivity index (χ1n) is 5.23. The van der Waals surface area contributed by atoms with E-state index >= 15 is 0 Å². The molecule has 2 rings (SSSR count). The summed E-state index contributed by atoms with van der Waals surface area (Å²) in [7, 11) is 0. The quantitative estimate of drug-likeness (QED) is 0.777. The molecule has 0 aliphatic rings. The van der Waals surface area contributed by atoms with Crippen molar-refractivity contribution in [1.29, 1.82) is 0 Å². The molecule has 0 bridgehead atoms. The molecule has 0 radical (unpaired) electrons. The first-order chi connectivity index (χ1) is 8.29. The van der Waals surface area contributed by atoms with Crippen LogP contribution in [0.3, 0.4) is 0 Å². The van der Waals surface area contributed by atoms with Crippen LogP contribution in [0.2, 0.25) is 0 Å². The highest BCUT2D eigenvalue weighted by Crippen LogP contribution is 2.18. The van der Waals surface area contributed by atoms with E-state index in [1.807, 2.05) is 36.4 Å². The van der Waals surface area contributed by atoms with Crippen LogP contribution in [0.15, 0.2) is 60.7 Å². The minimum absolute atomic E-state index is 0.0163. The van der Waals surface area contributed by atoms with Gasteiger partial charge in [0.25, 0.3) is 6.47 Å². The summed E-state index contributed by atoms with van der Waals surface area (Å²) in [6.45, 7) is -0.250. The zero-order chi connectivity index (χ0) is 12.5. The van der Waals surface area contributed by atoms with Crippen LogP contribution in [0.5, 0.6) is 0 Å². The van der Waals surface area contributed by atoms with Crippen LogP contribution in [0.1, 0.15) is 17.2 Å². The van der Waals surface area contributed by atoms with E-state index in [4.69, 9.17) is 15.6 Å². The first-order valence-corrected chi connectivity index (χ1v) is 5.23. The van der Waals surface area contributed by atoms with Crippen molar-refractivity contribution in [2.45, 2.75) is 6.04 Å². The van der Waals surface area contributed by atoms with Crippen LogP contribution in [0, 0.1) is 0 Å². The molecule has 2 aromatic carbocycles. The topological polar surface area (TPSA) is 63.3 Å². The number of carbonyl (C=O) groups is 1. The minimum atomic E-state index is -0.250. The summed E-state index contributed by atoms with van der Waals surface area (Å²) >= 11 is 0. The summed E-state index contributed by atoms with van der Waals surface area (Å²) in [4.78, 5) is 8.36. The predicted octanol–water partition coefficient (Wildman–Crippen LogP) is 2.44. The Labute approximate surface area is 101 Å². The van der Waals surface area contributed by atoms with Gasteiger partial charge in [-0.15, -0.1) is 0 Å². The van der Waals surface area contributed by atoms with Gasteiger partial charge in [-0.1, -0.05) is 60.7 Å². The zero-order valence-electron chi connectivity index (χ0n) is 9.36. The minimum Gasteiger partial charge on any atom is -0.483 e. The molecule has 0 saturated heterocycles. The average molecular weight is 229 g/mol. The summed E-state index contributed by atoms with van der Waals surface area (Å²) in [5, 5.41) is 6.89. The Hall–Kier alpha value is -2.13. The maximum atomic E-state index is 8.36. The molecular weight excluding hydrogens is 214 g/mol. The Bertz CT molecular complexity index is 389. The second-order valence-corrected chi connectivity index (χ2v) is 3.40. The maximum Gasteiger partial charge on any atom is 0.290 e. The highest BCUT2D eigenvalue weighted by Gasteiger charge is 2.06. The molecule has 0 aromatic heterocycles. The van der Waals surface area contributed by atoms with Gasteiger partial charge < -0.3 is 10.8 Å². The fraction of sp³-hybridized carbons (Fsp3) is 0.0714. The summed E-state index contributed by atoms with van der Waals surface area (Å²) in [5.74, 6) is 0. The van der Waals surface area contributed by atoms with Crippen LogP contribution in [0.4, 0.5) is 0 Å². The Morgan fingerprint density at radius 1 is 0.882 bits per heavy atom. The maximum absolute atomic E-state index is 8.36. The van der Waals surface area contributed by atoms with Crippen molar-refractivity contribution in [3.05, 3.63) is 71.8 Å². The Morgan fingerprint density at radius 2 is 1.18 bits per heavy atom. The predicted molar refractivity (Wildman–Crippen MR) is 67.6 cm³/mol. The number of benzene rings is 2. The lowest BCUT2D eigenvalue weighted by atomic mass is 10.00. The molecular formula is C14H15NO2. The second kappa shape index (κ2) is 7.19. The number of carboxylic acid groups (broad SMARTS) is 1. The van der Waals surface area contributed by atoms with Gasteiger partial charge in [0.1, 0.15) is 0 Å². The van der Waals surface area contributed by atoms with E-state index in [9.17, 15) is 0 Å². The third-order valence-corrected chi connectivity index (χ3v) is 2.32. The van der Waals surface area contributed by atoms with Crippen LogP contribution >= 0.6 is 0 Å². The van der Waals surface area contributed by atoms with Gasteiger partial charge in [-0.2, -0.15) is 0 Å². The van der Waals surface area contributed by atoms with Gasteiger partial charge in [0.15, 0.2) is 0 Å². The standard InChI is InChI=1S/C13H13N.CH2O2/c14-13(11-7-3-1-4-8-11)12-9-5-2-6-10-12;2-1-3/h1-10,13H,14H2;1H,(H,2,3). The number of rotatable bonds is 2. The molecule has 2 aromatic rings. The van der Waals surface area contributed by atoms with Crippen LogP contribution in [0.25, 0.3) is 0 Å². The van der Waals surface area contributed by atoms with Crippen LogP contribution in [-0.4, -0.2) is 11.6 Å². The second-order valence-electron chi connectivity index (χ2n) is 3.40. The van der Waals surface area contributed by atoms with E-state index in [-0.39, 0.29) is 12.5 Å². The normalized spacial score (nSPS) is 9.29. The van der Waals surface area contributed by atoms with Crippen molar-refractivity contribution in [2.75, 3.05) is 0 Å². The Morgan fingerprint density at radius 3 is 1.47 bits per heavy atom. The molecule has 88 valence electrons. The number of hydrogen-bond donors (Lipinski definition) is 2. The molecule has 3 nitrogen and oxygen atoms in total. The molecule has 0 aliphatic carbocycles. The highest BCUT2D eigenvalue weighted by molar-refractivity contribution is 5.32. The molecule has 0 fully saturated rings. The molecule has 0 amide bonds. The third kappa shape index (κ3) is 4.09. The summed E-state index contributed by atoms with van der Waals surface area (Å²) in [6.07, 6.45) is 0. The van der Waals surface area contributed by atoms with Crippen molar-refractivity contribution in [1.82, 2.24) is 0 Å². The fourth-order valence-electron chi connectivity index (χ4n) is 1.51. The Balaban J connectivity index is 0.000000437. The summed E-state index contributed by atoms with van der Waals surface area (Å²) in [6, 6.07) is 20.2. The molecule has 3 heteroatoms. The van der Waals surface area contributed by atoms with Crippen molar-refractivity contribution in [2.24, 2.45) is 5.73 Å². The van der Waals surface area contributed by atoms with Gasteiger partial charge in [-0.25, -0.2) is 0 Å². The molecule has 0 unspecified atom stereocenters. The molecule has 0 atom stereocenters. The lowest BCUT2D eigenvalue weighted by Crippen LogP contribution is -2.11. The van der Waals surface area contributed by atoms with Crippen LogP contribution in [-0.2, 0) is 4.79 Å². The van der Waals surface area contributed by atoms with Gasteiger partial charge in [0, 0.05) is 0 Å². The van der Waals surface area contributed by atoms with Crippen molar-refractivity contribution in [3.63, 3.8) is 0 Å². The van der Waals surface area contributed by atoms with Gasteiger partial charge in [-0.3, -0.25) is 4.79 Å². The van der Waals surface area contributed by atoms with Gasteiger partial charge in [0.2, 0.25) is 0 Å². The third-order valence-electron chi connectivity index (χ3n) is 2.32. The smallest absolute Gasteiger partial charge is 0.290 e. The van der Waals surface area contributed by atoms with E-state index in [1.54, 1.807) is 0 Å². The average Bonchev–Trinajstić information content (AvgIpc) is 2.41.